The zero-order valence-corrected chi connectivity index (χ0v) is 9.23. The van der Waals surface area contributed by atoms with E-state index in [9.17, 15) is 9.59 Å². The molecule has 0 amide bonds. The maximum Gasteiger partial charge on any atom is 0.310 e. The van der Waals surface area contributed by atoms with Gasteiger partial charge in [0.15, 0.2) is 0 Å². The zero-order chi connectivity index (χ0) is 11.2. The Morgan fingerprint density at radius 3 is 2.67 bits per heavy atom. The molecule has 5 atom stereocenters. The van der Waals surface area contributed by atoms with E-state index >= 15 is 0 Å². The summed E-state index contributed by atoms with van der Waals surface area (Å²) in [4.78, 5) is 23.2. The number of hydrogen-bond acceptors (Lipinski definition) is 4. The van der Waals surface area contributed by atoms with Crippen molar-refractivity contribution in [2.75, 3.05) is 7.11 Å². The van der Waals surface area contributed by atoms with Crippen molar-refractivity contribution in [2.45, 2.75) is 26.4 Å². The van der Waals surface area contributed by atoms with Crippen LogP contribution in [0.2, 0.25) is 0 Å². The Morgan fingerprint density at radius 2 is 2.07 bits per heavy atom. The first kappa shape index (κ1) is 10.5. The quantitative estimate of drug-likeness (QED) is 0.608. The number of hydrogen-bond donors (Lipinski definition) is 0. The summed E-state index contributed by atoms with van der Waals surface area (Å²) >= 11 is 0. The van der Waals surface area contributed by atoms with Gasteiger partial charge >= 0.3 is 11.9 Å². The van der Waals surface area contributed by atoms with Gasteiger partial charge in [-0.3, -0.25) is 9.59 Å². The number of methoxy groups -OCH3 is 1. The van der Waals surface area contributed by atoms with Gasteiger partial charge in [-0.05, 0) is 18.3 Å². The van der Waals surface area contributed by atoms with Gasteiger partial charge in [0.2, 0.25) is 0 Å². The van der Waals surface area contributed by atoms with Gasteiger partial charge in [-0.1, -0.05) is 13.8 Å². The van der Waals surface area contributed by atoms with E-state index in [2.05, 4.69) is 0 Å². The number of esters is 2. The molecule has 2 bridgehead atoms. The van der Waals surface area contributed by atoms with Crippen molar-refractivity contribution in [3.63, 3.8) is 0 Å². The number of ether oxygens (including phenoxy) is 2. The topological polar surface area (TPSA) is 52.6 Å². The lowest BCUT2D eigenvalue weighted by Gasteiger charge is -2.34. The molecule has 4 nitrogen and oxygen atoms in total. The van der Waals surface area contributed by atoms with E-state index in [1.54, 1.807) is 0 Å². The summed E-state index contributed by atoms with van der Waals surface area (Å²) in [7, 11) is 1.37. The Kier molecular flexibility index (Phi) is 2.44. The fourth-order valence-electron chi connectivity index (χ4n) is 2.79. The molecule has 4 unspecified atom stereocenters. The van der Waals surface area contributed by atoms with Crippen molar-refractivity contribution in [3.8, 4) is 0 Å². The molecule has 0 spiro atoms. The molecular weight excluding hydrogens is 196 g/mol. The molecule has 1 saturated carbocycles. The maximum atomic E-state index is 11.6. The number of carbonyl (C=O) groups is 2. The average molecular weight is 212 g/mol. The largest absolute Gasteiger partial charge is 0.469 e. The van der Waals surface area contributed by atoms with Gasteiger partial charge in [0.05, 0.1) is 18.9 Å². The first-order chi connectivity index (χ1) is 7.06. The summed E-state index contributed by atoms with van der Waals surface area (Å²) < 4.78 is 10.0. The monoisotopic (exact) mass is 212 g/mol. The predicted molar refractivity (Wildman–Crippen MR) is 51.8 cm³/mol. The maximum absolute atomic E-state index is 11.6. The van der Waals surface area contributed by atoms with Gasteiger partial charge in [0.25, 0.3) is 0 Å². The molecule has 1 aliphatic heterocycles. The van der Waals surface area contributed by atoms with Crippen molar-refractivity contribution in [2.24, 2.45) is 23.7 Å². The highest BCUT2D eigenvalue weighted by atomic mass is 16.6. The van der Waals surface area contributed by atoms with Gasteiger partial charge in [0.1, 0.15) is 6.10 Å². The van der Waals surface area contributed by atoms with Gasteiger partial charge in [-0.2, -0.15) is 0 Å². The Hall–Kier alpha value is -1.06. The van der Waals surface area contributed by atoms with E-state index in [1.807, 2.05) is 13.8 Å². The standard InChI is InChI=1S/C11H16O4/c1-5-6(2)9(11(13)14-3)7-4-8(5)15-10(7)12/h5-9H,4H2,1-3H3/t5-,6?,7?,8?,9?/m1/s1. The van der Waals surface area contributed by atoms with E-state index in [0.29, 0.717) is 6.42 Å². The van der Waals surface area contributed by atoms with Gasteiger partial charge in [0, 0.05) is 0 Å². The lowest BCUT2D eigenvalue weighted by atomic mass is 9.68. The minimum absolute atomic E-state index is 0.00148. The molecule has 2 aliphatic rings. The molecular formula is C11H16O4. The number of carbonyl (C=O) groups excluding carboxylic acids is 2. The summed E-state index contributed by atoms with van der Waals surface area (Å²) in [6, 6.07) is 0. The summed E-state index contributed by atoms with van der Waals surface area (Å²) in [6.45, 7) is 4.02. The van der Waals surface area contributed by atoms with Crippen molar-refractivity contribution in [3.05, 3.63) is 0 Å². The van der Waals surface area contributed by atoms with Crippen LogP contribution in [0.3, 0.4) is 0 Å². The molecule has 0 N–H and O–H groups in total. The number of rotatable bonds is 1. The fourth-order valence-corrected chi connectivity index (χ4v) is 2.79. The van der Waals surface area contributed by atoms with E-state index < -0.39 is 0 Å². The second kappa shape index (κ2) is 3.51. The Labute approximate surface area is 88.9 Å². The molecule has 4 heteroatoms. The Morgan fingerprint density at radius 1 is 1.40 bits per heavy atom. The second-order valence-electron chi connectivity index (χ2n) is 4.58. The van der Waals surface area contributed by atoms with Crippen LogP contribution in [0.1, 0.15) is 20.3 Å². The van der Waals surface area contributed by atoms with Crippen LogP contribution in [-0.4, -0.2) is 25.2 Å². The van der Waals surface area contributed by atoms with Crippen molar-refractivity contribution in [1.82, 2.24) is 0 Å². The lowest BCUT2D eigenvalue weighted by molar-refractivity contribution is -0.154. The molecule has 15 heavy (non-hydrogen) atoms. The third-order valence-corrected chi connectivity index (χ3v) is 3.95. The predicted octanol–water partition coefficient (Wildman–Crippen LogP) is 0.993. The average Bonchev–Trinajstić information content (AvgIpc) is 2.55. The van der Waals surface area contributed by atoms with Gasteiger partial charge in [-0.15, -0.1) is 0 Å². The van der Waals surface area contributed by atoms with E-state index in [-0.39, 0.29) is 41.7 Å². The second-order valence-corrected chi connectivity index (χ2v) is 4.58. The molecule has 0 aromatic carbocycles. The van der Waals surface area contributed by atoms with Crippen LogP contribution in [0.4, 0.5) is 0 Å². The highest BCUT2D eigenvalue weighted by Gasteiger charge is 2.53. The summed E-state index contributed by atoms with van der Waals surface area (Å²) in [5, 5.41) is 0. The molecule has 1 heterocycles. The summed E-state index contributed by atoms with van der Waals surface area (Å²) in [6.07, 6.45) is 0.669. The van der Waals surface area contributed by atoms with E-state index in [1.165, 1.54) is 7.11 Å². The molecule has 0 radical (unpaired) electrons. The molecule has 1 aliphatic carbocycles. The van der Waals surface area contributed by atoms with E-state index in [0.717, 1.165) is 0 Å². The minimum atomic E-state index is -0.323. The first-order valence-corrected chi connectivity index (χ1v) is 5.34. The van der Waals surface area contributed by atoms with Crippen molar-refractivity contribution in [1.29, 1.82) is 0 Å². The molecule has 2 fully saturated rings. The van der Waals surface area contributed by atoms with E-state index in [4.69, 9.17) is 9.47 Å². The van der Waals surface area contributed by atoms with Crippen LogP contribution < -0.4 is 0 Å². The lowest BCUT2D eigenvalue weighted by Crippen LogP contribution is -2.41. The van der Waals surface area contributed by atoms with Crippen LogP contribution in [0, 0.1) is 23.7 Å². The van der Waals surface area contributed by atoms with Crippen LogP contribution >= 0.6 is 0 Å². The van der Waals surface area contributed by atoms with Crippen LogP contribution in [0.25, 0.3) is 0 Å². The minimum Gasteiger partial charge on any atom is -0.469 e. The van der Waals surface area contributed by atoms with Crippen LogP contribution in [0.15, 0.2) is 0 Å². The highest BCUT2D eigenvalue weighted by molar-refractivity contribution is 5.84. The molecule has 2 rings (SSSR count). The van der Waals surface area contributed by atoms with Gasteiger partial charge in [-0.25, -0.2) is 0 Å². The molecule has 0 aromatic rings. The third-order valence-electron chi connectivity index (χ3n) is 3.95. The highest BCUT2D eigenvalue weighted by Crippen LogP contribution is 2.45. The normalized spacial score (nSPS) is 43.7. The van der Waals surface area contributed by atoms with Crippen LogP contribution in [0.5, 0.6) is 0 Å². The SMILES string of the molecule is COC(=O)C1C2CC(OC2=O)[C@H](C)C1C. The first-order valence-electron chi connectivity index (χ1n) is 5.34. The molecule has 0 aromatic heterocycles. The third kappa shape index (κ3) is 1.43. The van der Waals surface area contributed by atoms with Gasteiger partial charge < -0.3 is 9.47 Å². The summed E-state index contributed by atoms with van der Waals surface area (Å²) in [5.74, 6) is -0.738. The Bertz CT molecular complexity index is 299. The fraction of sp³-hybridized carbons (Fsp3) is 0.818. The van der Waals surface area contributed by atoms with Crippen molar-refractivity contribution < 1.29 is 19.1 Å². The van der Waals surface area contributed by atoms with Crippen molar-refractivity contribution >= 4 is 11.9 Å². The molecule has 1 saturated heterocycles. The Balaban J connectivity index is 2.28. The summed E-state index contributed by atoms with van der Waals surface area (Å²) in [5.41, 5.74) is 0. The smallest absolute Gasteiger partial charge is 0.310 e. The van der Waals surface area contributed by atoms with Crippen LogP contribution in [-0.2, 0) is 19.1 Å². The number of fused-ring (bicyclic) bond motifs is 2. The zero-order valence-electron chi connectivity index (χ0n) is 9.23. The molecule has 84 valence electrons.